The lowest BCUT2D eigenvalue weighted by atomic mass is 9.95. The maximum atomic E-state index is 12.0. The molecular weight excluding hydrogens is 350 g/mol. The molecule has 0 aliphatic carbocycles. The molecule has 0 heterocycles. The molecular formula is C16H23NO5S2. The number of nitro groups is 1. The number of benzene rings is 1. The Hall–Kier alpha value is -1.41. The highest BCUT2D eigenvalue weighted by Gasteiger charge is 2.33. The number of ether oxygens (including phenoxy) is 2. The van der Waals surface area contributed by atoms with Gasteiger partial charge < -0.3 is 9.47 Å². The molecule has 8 heteroatoms. The van der Waals surface area contributed by atoms with E-state index in [1.165, 1.54) is 24.3 Å². The van der Waals surface area contributed by atoms with Gasteiger partial charge in [0.25, 0.3) is 5.69 Å². The Balaban J connectivity index is 2.60. The van der Waals surface area contributed by atoms with Crippen molar-refractivity contribution in [2.75, 3.05) is 5.75 Å². The van der Waals surface area contributed by atoms with E-state index < -0.39 is 16.7 Å². The van der Waals surface area contributed by atoms with Crippen LogP contribution in [0.3, 0.4) is 0 Å². The molecule has 1 rings (SSSR count). The predicted molar refractivity (Wildman–Crippen MR) is 98.7 cm³/mol. The second kappa shape index (κ2) is 8.62. The van der Waals surface area contributed by atoms with Gasteiger partial charge >= 0.3 is 6.16 Å². The minimum absolute atomic E-state index is 0.0577. The van der Waals surface area contributed by atoms with E-state index in [-0.39, 0.29) is 16.2 Å². The first kappa shape index (κ1) is 20.6. The fraction of sp³-hybridized carbons (Fsp3) is 0.562. The van der Waals surface area contributed by atoms with E-state index in [1.54, 1.807) is 21.6 Å². The number of nitrogens with zero attached hydrogens (tertiary/aromatic N) is 1. The van der Waals surface area contributed by atoms with E-state index >= 15 is 0 Å². The molecule has 0 aliphatic heterocycles. The lowest BCUT2D eigenvalue weighted by molar-refractivity contribution is -0.384. The summed E-state index contributed by atoms with van der Waals surface area (Å²) in [4.78, 5) is 22.0. The molecule has 0 amide bonds. The van der Waals surface area contributed by atoms with E-state index in [4.69, 9.17) is 9.47 Å². The average molecular weight is 373 g/mol. The van der Waals surface area contributed by atoms with E-state index in [9.17, 15) is 14.9 Å². The van der Waals surface area contributed by atoms with Crippen molar-refractivity contribution in [2.45, 2.75) is 51.4 Å². The molecule has 0 N–H and O–H groups in total. The van der Waals surface area contributed by atoms with E-state index in [1.807, 2.05) is 13.8 Å². The van der Waals surface area contributed by atoms with Crippen LogP contribution in [0.15, 0.2) is 24.3 Å². The molecule has 0 saturated heterocycles. The van der Waals surface area contributed by atoms with Crippen LogP contribution in [-0.2, 0) is 4.74 Å². The van der Waals surface area contributed by atoms with Crippen molar-refractivity contribution < 1.29 is 19.2 Å². The first-order valence-electron chi connectivity index (χ1n) is 7.50. The van der Waals surface area contributed by atoms with Crippen molar-refractivity contribution in [2.24, 2.45) is 0 Å². The Bertz CT molecular complexity index is 572. The zero-order valence-corrected chi connectivity index (χ0v) is 16.2. The van der Waals surface area contributed by atoms with Gasteiger partial charge in [0.15, 0.2) is 0 Å². The van der Waals surface area contributed by atoms with Gasteiger partial charge in [0.2, 0.25) is 0 Å². The standard InChI is InChI=1S/C16H23NO5S2/c1-6-23-24-16(4,5)11-15(2,3)22-14(18)21-13-9-7-12(8-10-13)17(19)20/h7-10H,6,11H2,1-5H3. The minimum Gasteiger partial charge on any atom is -0.428 e. The van der Waals surface area contributed by atoms with Crippen LogP contribution >= 0.6 is 21.6 Å². The highest BCUT2D eigenvalue weighted by molar-refractivity contribution is 8.77. The van der Waals surface area contributed by atoms with Crippen LogP contribution in [-0.4, -0.2) is 27.2 Å². The molecule has 0 aliphatic rings. The van der Waals surface area contributed by atoms with E-state index in [0.29, 0.717) is 6.42 Å². The van der Waals surface area contributed by atoms with Gasteiger partial charge in [-0.1, -0.05) is 28.5 Å². The first-order valence-corrected chi connectivity index (χ1v) is 9.82. The largest absolute Gasteiger partial charge is 0.514 e. The second-order valence-electron chi connectivity index (χ2n) is 6.39. The Morgan fingerprint density at radius 1 is 1.21 bits per heavy atom. The van der Waals surface area contributed by atoms with Crippen LogP contribution < -0.4 is 4.74 Å². The molecule has 1 aromatic carbocycles. The molecule has 1 aromatic rings. The zero-order valence-electron chi connectivity index (χ0n) is 14.5. The van der Waals surface area contributed by atoms with Crippen LogP contribution in [0.4, 0.5) is 10.5 Å². The molecule has 134 valence electrons. The van der Waals surface area contributed by atoms with Crippen molar-refractivity contribution >= 4 is 33.4 Å². The van der Waals surface area contributed by atoms with Crippen molar-refractivity contribution in [3.05, 3.63) is 34.4 Å². The van der Waals surface area contributed by atoms with E-state index in [0.717, 1.165) is 5.75 Å². The van der Waals surface area contributed by atoms with Crippen LogP contribution in [0.2, 0.25) is 0 Å². The minimum atomic E-state index is -0.821. The van der Waals surface area contributed by atoms with Gasteiger partial charge in [0.05, 0.1) is 4.92 Å². The summed E-state index contributed by atoms with van der Waals surface area (Å²) in [5.74, 6) is 1.22. The molecule has 0 fully saturated rings. The lowest BCUT2D eigenvalue weighted by Gasteiger charge is -2.33. The van der Waals surface area contributed by atoms with Gasteiger partial charge in [0, 0.05) is 29.1 Å². The zero-order chi connectivity index (χ0) is 18.4. The van der Waals surface area contributed by atoms with Gasteiger partial charge in [-0.25, -0.2) is 4.79 Å². The summed E-state index contributed by atoms with van der Waals surface area (Å²) in [6.45, 7) is 9.98. The molecule has 6 nitrogen and oxygen atoms in total. The number of nitro benzene ring substituents is 1. The summed E-state index contributed by atoms with van der Waals surface area (Å²) in [5, 5.41) is 10.6. The van der Waals surface area contributed by atoms with Crippen LogP contribution in [0.25, 0.3) is 0 Å². The quantitative estimate of drug-likeness (QED) is 0.197. The summed E-state index contributed by atoms with van der Waals surface area (Å²) in [6.07, 6.45) is -0.162. The van der Waals surface area contributed by atoms with Gasteiger partial charge in [-0.3, -0.25) is 10.1 Å². The smallest absolute Gasteiger partial charge is 0.428 e. The Morgan fingerprint density at radius 3 is 2.29 bits per heavy atom. The van der Waals surface area contributed by atoms with Crippen LogP contribution in [0.5, 0.6) is 5.75 Å². The predicted octanol–water partition coefficient (Wildman–Crippen LogP) is 5.46. The van der Waals surface area contributed by atoms with E-state index in [2.05, 4.69) is 20.8 Å². The summed E-state index contributed by atoms with van der Waals surface area (Å²) in [6, 6.07) is 5.28. The normalized spacial score (nSPS) is 11.9. The monoisotopic (exact) mass is 373 g/mol. The number of rotatable bonds is 8. The van der Waals surface area contributed by atoms with Crippen LogP contribution in [0, 0.1) is 10.1 Å². The van der Waals surface area contributed by atoms with Gasteiger partial charge in [-0.2, -0.15) is 0 Å². The van der Waals surface area contributed by atoms with Gasteiger partial charge in [0.1, 0.15) is 11.4 Å². The van der Waals surface area contributed by atoms with Crippen molar-refractivity contribution in [1.82, 2.24) is 0 Å². The van der Waals surface area contributed by atoms with Crippen molar-refractivity contribution in [3.63, 3.8) is 0 Å². The number of carbonyl (C=O) groups is 1. The fourth-order valence-corrected chi connectivity index (χ4v) is 4.62. The van der Waals surface area contributed by atoms with Gasteiger partial charge in [-0.15, -0.1) is 0 Å². The second-order valence-corrected chi connectivity index (χ2v) is 9.68. The molecule has 0 atom stereocenters. The summed E-state index contributed by atoms with van der Waals surface area (Å²) in [5.41, 5.74) is -0.758. The number of hydrogen-bond acceptors (Lipinski definition) is 7. The molecule has 0 aromatic heterocycles. The maximum absolute atomic E-state index is 12.0. The summed E-state index contributed by atoms with van der Waals surface area (Å²) < 4.78 is 10.4. The molecule has 0 bridgehead atoms. The number of hydrogen-bond donors (Lipinski definition) is 0. The molecule has 24 heavy (non-hydrogen) atoms. The molecule has 0 saturated carbocycles. The summed E-state index contributed by atoms with van der Waals surface area (Å²) in [7, 11) is 3.53. The number of non-ortho nitro benzene ring substituents is 1. The highest BCUT2D eigenvalue weighted by atomic mass is 33.1. The van der Waals surface area contributed by atoms with Crippen molar-refractivity contribution in [3.8, 4) is 5.75 Å². The van der Waals surface area contributed by atoms with Crippen molar-refractivity contribution in [1.29, 1.82) is 0 Å². The SMILES string of the molecule is CCSSC(C)(C)CC(C)(C)OC(=O)Oc1ccc([N+](=O)[O-])cc1. The number of carbonyl (C=O) groups excluding carboxylic acids is 1. The third-order valence-corrected chi connectivity index (χ3v) is 6.23. The first-order chi connectivity index (χ1) is 11.0. The average Bonchev–Trinajstić information content (AvgIpc) is 2.43. The highest BCUT2D eigenvalue weighted by Crippen LogP contribution is 2.41. The third-order valence-electron chi connectivity index (χ3n) is 2.86. The topological polar surface area (TPSA) is 78.7 Å². The molecule has 0 unspecified atom stereocenters. The van der Waals surface area contributed by atoms with Gasteiger partial charge in [-0.05, 0) is 39.8 Å². The third kappa shape index (κ3) is 7.44. The maximum Gasteiger partial charge on any atom is 0.514 e. The lowest BCUT2D eigenvalue weighted by Crippen LogP contribution is -2.36. The summed E-state index contributed by atoms with van der Waals surface area (Å²) >= 11 is 0. The fourth-order valence-electron chi connectivity index (χ4n) is 2.29. The molecule has 0 spiro atoms. The molecule has 0 radical (unpaired) electrons. The Labute approximate surface area is 150 Å². The Kier molecular flexibility index (Phi) is 7.41. The Morgan fingerprint density at radius 2 is 1.79 bits per heavy atom. The van der Waals surface area contributed by atoms with Crippen LogP contribution in [0.1, 0.15) is 41.0 Å².